The summed E-state index contributed by atoms with van der Waals surface area (Å²) in [4.78, 5) is 6.99. The predicted octanol–water partition coefficient (Wildman–Crippen LogP) is 1.97. The highest BCUT2D eigenvalue weighted by Crippen LogP contribution is 2.42. The van der Waals surface area contributed by atoms with Gasteiger partial charge in [0.2, 0.25) is 0 Å². The molecule has 2 atom stereocenters. The molecule has 0 spiro atoms. The highest BCUT2D eigenvalue weighted by Gasteiger charge is 2.50. The van der Waals surface area contributed by atoms with Gasteiger partial charge in [-0.3, -0.25) is 9.88 Å². The van der Waals surface area contributed by atoms with Gasteiger partial charge in [-0.15, -0.1) is 0 Å². The van der Waals surface area contributed by atoms with Crippen molar-refractivity contribution in [2.45, 2.75) is 19.4 Å². The molecule has 24 heavy (non-hydrogen) atoms. The molecule has 0 amide bonds. The largest absolute Gasteiger partial charge is 0.381 e. The summed E-state index contributed by atoms with van der Waals surface area (Å²) >= 11 is 0. The molecular weight excluding hydrogens is 304 g/mol. The van der Waals surface area contributed by atoms with E-state index >= 15 is 0 Å². The van der Waals surface area contributed by atoms with Gasteiger partial charge < -0.3 is 14.2 Å². The van der Waals surface area contributed by atoms with Crippen LogP contribution < -0.4 is 0 Å². The number of likely N-dealkylation sites (tertiary alicyclic amines) is 1. The van der Waals surface area contributed by atoms with Crippen molar-refractivity contribution in [3.63, 3.8) is 0 Å². The van der Waals surface area contributed by atoms with Gasteiger partial charge in [-0.1, -0.05) is 6.07 Å². The van der Waals surface area contributed by atoms with Crippen LogP contribution in [0.1, 0.15) is 18.5 Å². The van der Waals surface area contributed by atoms with Crippen molar-refractivity contribution in [3.8, 4) is 0 Å². The summed E-state index contributed by atoms with van der Waals surface area (Å²) in [7, 11) is 0. The summed E-state index contributed by atoms with van der Waals surface area (Å²) in [5.74, 6) is 1.26. The first-order valence-electron chi connectivity index (χ1n) is 9.20. The van der Waals surface area contributed by atoms with Gasteiger partial charge in [0.15, 0.2) is 0 Å². The summed E-state index contributed by atoms with van der Waals surface area (Å²) < 4.78 is 17.4. The smallest absolute Gasteiger partial charge is 0.0561 e. The third kappa shape index (κ3) is 3.64. The van der Waals surface area contributed by atoms with Crippen LogP contribution in [0.3, 0.4) is 0 Å². The molecule has 3 saturated heterocycles. The van der Waals surface area contributed by atoms with Gasteiger partial charge in [-0.05, 0) is 30.9 Å². The standard InChI is InChI=1S/C19H28N2O3/c1-2-6-20-18(3-1)10-21-9-17-12-24-15-19(17,13-21)14-23-11-16-4-7-22-8-5-16/h1-3,6,16-17H,4-5,7-15H2/t17-,19-/m0/s1. The molecule has 0 radical (unpaired) electrons. The highest BCUT2D eigenvalue weighted by molar-refractivity contribution is 5.06. The van der Waals surface area contributed by atoms with Crippen molar-refractivity contribution >= 4 is 0 Å². The van der Waals surface area contributed by atoms with Crippen LogP contribution in [0, 0.1) is 17.3 Å². The number of nitrogens with zero attached hydrogens (tertiary/aromatic N) is 2. The molecule has 132 valence electrons. The molecule has 0 saturated carbocycles. The van der Waals surface area contributed by atoms with Crippen LogP contribution in [0.25, 0.3) is 0 Å². The molecule has 3 aliphatic rings. The van der Waals surface area contributed by atoms with Crippen molar-refractivity contribution in [2.75, 3.05) is 52.7 Å². The molecular formula is C19H28N2O3. The van der Waals surface area contributed by atoms with Crippen molar-refractivity contribution in [3.05, 3.63) is 30.1 Å². The Labute approximate surface area is 144 Å². The lowest BCUT2D eigenvalue weighted by Gasteiger charge is -2.29. The van der Waals surface area contributed by atoms with Crippen molar-refractivity contribution in [1.82, 2.24) is 9.88 Å². The molecule has 3 aliphatic heterocycles. The van der Waals surface area contributed by atoms with E-state index in [9.17, 15) is 0 Å². The molecule has 1 aromatic heterocycles. The molecule has 4 heterocycles. The summed E-state index contributed by atoms with van der Waals surface area (Å²) in [6, 6.07) is 6.15. The van der Waals surface area contributed by atoms with Crippen molar-refractivity contribution in [1.29, 1.82) is 0 Å². The van der Waals surface area contributed by atoms with E-state index in [0.29, 0.717) is 11.8 Å². The average Bonchev–Trinajstić information content (AvgIpc) is 3.13. The summed E-state index contributed by atoms with van der Waals surface area (Å²) in [5.41, 5.74) is 1.33. The normalized spacial score (nSPS) is 31.4. The Balaban J connectivity index is 1.31. The topological polar surface area (TPSA) is 43.8 Å². The number of fused-ring (bicyclic) bond motifs is 1. The van der Waals surface area contributed by atoms with E-state index in [0.717, 1.165) is 77.8 Å². The second-order valence-electron chi connectivity index (χ2n) is 7.64. The molecule has 0 unspecified atom stereocenters. The molecule has 0 aliphatic carbocycles. The lowest BCUT2D eigenvalue weighted by molar-refractivity contribution is -0.0157. The molecule has 0 bridgehead atoms. The number of hydrogen-bond donors (Lipinski definition) is 0. The fourth-order valence-electron chi connectivity index (χ4n) is 4.33. The summed E-state index contributed by atoms with van der Waals surface area (Å²) in [6.07, 6.45) is 4.15. The van der Waals surface area contributed by atoms with E-state index in [-0.39, 0.29) is 5.41 Å². The van der Waals surface area contributed by atoms with E-state index in [1.54, 1.807) is 0 Å². The van der Waals surface area contributed by atoms with Crippen LogP contribution in [0.15, 0.2) is 24.4 Å². The Morgan fingerprint density at radius 1 is 1.25 bits per heavy atom. The predicted molar refractivity (Wildman–Crippen MR) is 90.6 cm³/mol. The van der Waals surface area contributed by atoms with E-state index in [4.69, 9.17) is 14.2 Å². The monoisotopic (exact) mass is 332 g/mol. The van der Waals surface area contributed by atoms with Gasteiger partial charge in [0.1, 0.15) is 0 Å². The third-order valence-electron chi connectivity index (χ3n) is 5.79. The fourth-order valence-corrected chi connectivity index (χ4v) is 4.33. The summed E-state index contributed by atoms with van der Waals surface area (Å²) in [5, 5.41) is 0. The van der Waals surface area contributed by atoms with Gasteiger partial charge >= 0.3 is 0 Å². The number of hydrogen-bond acceptors (Lipinski definition) is 5. The SMILES string of the molecule is c1ccc(CN2C[C@H]3COC[C@@]3(COCC3CCOCC3)C2)nc1. The van der Waals surface area contributed by atoms with E-state index in [1.165, 1.54) is 0 Å². The third-order valence-corrected chi connectivity index (χ3v) is 5.79. The Morgan fingerprint density at radius 2 is 2.17 bits per heavy atom. The van der Waals surface area contributed by atoms with E-state index in [1.807, 2.05) is 12.3 Å². The molecule has 1 aromatic rings. The molecule has 0 N–H and O–H groups in total. The van der Waals surface area contributed by atoms with Gasteiger partial charge in [0.05, 0.1) is 25.5 Å². The van der Waals surface area contributed by atoms with Gasteiger partial charge in [0.25, 0.3) is 0 Å². The highest BCUT2D eigenvalue weighted by atomic mass is 16.5. The first kappa shape index (κ1) is 16.5. The maximum Gasteiger partial charge on any atom is 0.0561 e. The van der Waals surface area contributed by atoms with Gasteiger partial charge in [0, 0.05) is 57.0 Å². The minimum atomic E-state index is 0.181. The van der Waals surface area contributed by atoms with Crippen LogP contribution in [0.5, 0.6) is 0 Å². The van der Waals surface area contributed by atoms with E-state index < -0.39 is 0 Å². The van der Waals surface area contributed by atoms with Crippen LogP contribution in [-0.2, 0) is 20.8 Å². The zero-order chi connectivity index (χ0) is 16.2. The van der Waals surface area contributed by atoms with E-state index in [2.05, 4.69) is 22.0 Å². The Kier molecular flexibility index (Phi) is 5.13. The number of rotatable bonds is 6. The Morgan fingerprint density at radius 3 is 3.00 bits per heavy atom. The maximum absolute atomic E-state index is 6.18. The second kappa shape index (κ2) is 7.48. The Bertz CT molecular complexity index is 521. The van der Waals surface area contributed by atoms with Gasteiger partial charge in [-0.25, -0.2) is 0 Å². The molecule has 0 aromatic carbocycles. The maximum atomic E-state index is 6.18. The van der Waals surface area contributed by atoms with Crippen molar-refractivity contribution < 1.29 is 14.2 Å². The number of ether oxygens (including phenoxy) is 3. The van der Waals surface area contributed by atoms with Crippen LogP contribution >= 0.6 is 0 Å². The van der Waals surface area contributed by atoms with Gasteiger partial charge in [-0.2, -0.15) is 0 Å². The minimum absolute atomic E-state index is 0.181. The van der Waals surface area contributed by atoms with Crippen LogP contribution in [-0.4, -0.2) is 62.6 Å². The average molecular weight is 332 g/mol. The quantitative estimate of drug-likeness (QED) is 0.797. The molecule has 5 nitrogen and oxygen atoms in total. The first-order valence-corrected chi connectivity index (χ1v) is 9.20. The fraction of sp³-hybridized carbons (Fsp3) is 0.737. The second-order valence-corrected chi connectivity index (χ2v) is 7.64. The zero-order valence-electron chi connectivity index (χ0n) is 14.4. The molecule has 4 rings (SSSR count). The van der Waals surface area contributed by atoms with Crippen LogP contribution in [0.2, 0.25) is 0 Å². The van der Waals surface area contributed by atoms with Crippen LogP contribution in [0.4, 0.5) is 0 Å². The first-order chi connectivity index (χ1) is 11.8. The molecule has 3 fully saturated rings. The zero-order valence-corrected chi connectivity index (χ0v) is 14.4. The number of pyridine rings is 1. The Hall–Kier alpha value is -1.01. The number of aromatic nitrogens is 1. The minimum Gasteiger partial charge on any atom is -0.381 e. The summed E-state index contributed by atoms with van der Waals surface area (Å²) in [6.45, 7) is 8.28. The van der Waals surface area contributed by atoms with Crippen molar-refractivity contribution in [2.24, 2.45) is 17.3 Å². The lowest BCUT2D eigenvalue weighted by Crippen LogP contribution is -2.36. The lowest BCUT2D eigenvalue weighted by atomic mass is 9.82. The molecule has 5 heteroatoms.